The molecular weight excluding hydrogens is 711 g/mol. The lowest BCUT2D eigenvalue weighted by Crippen LogP contribution is -2.31. The Bertz CT molecular complexity index is 882. The number of hydrogen-bond donors (Lipinski definition) is 0. The standard InChI is InChI=1S/C50H97NO6/c1-6-9-12-15-18-19-20-26-34-44-54-48(52)39-31-27-33-42-50(55-45-47(57-50)38-35-43-51(4)5)41-32-25-21-24-30-40-49(53)56-46(36-28-22-16-13-10-7-2)37-29-23-17-14-11-8-3/h46-47H,6-45H2,1-5H3. The summed E-state index contributed by atoms with van der Waals surface area (Å²) in [5.74, 6) is -0.534. The Morgan fingerprint density at radius 2 is 1.00 bits per heavy atom. The third-order valence-corrected chi connectivity index (χ3v) is 12.0. The lowest BCUT2D eigenvalue weighted by atomic mass is 9.99. The van der Waals surface area contributed by atoms with Crippen molar-refractivity contribution in [3.63, 3.8) is 0 Å². The quantitative estimate of drug-likeness (QED) is 0.0449. The number of esters is 2. The lowest BCUT2D eigenvalue weighted by molar-refractivity contribution is -0.180. The van der Waals surface area contributed by atoms with Crippen molar-refractivity contribution in [3.8, 4) is 0 Å². The van der Waals surface area contributed by atoms with Gasteiger partial charge in [-0.2, -0.15) is 0 Å². The Hall–Kier alpha value is -1.18. The van der Waals surface area contributed by atoms with Crippen LogP contribution in [0.1, 0.15) is 258 Å². The summed E-state index contributed by atoms with van der Waals surface area (Å²) in [7, 11) is 4.25. The second-order valence-electron chi connectivity index (χ2n) is 18.0. The smallest absolute Gasteiger partial charge is 0.306 e. The number of carbonyl (C=O) groups is 2. The average molecular weight is 808 g/mol. The molecule has 0 aromatic rings. The Kier molecular flexibility index (Phi) is 36.8. The van der Waals surface area contributed by atoms with Crippen LogP contribution in [0.2, 0.25) is 0 Å². The van der Waals surface area contributed by atoms with Crippen LogP contribution >= 0.6 is 0 Å². The number of ether oxygens (including phenoxy) is 4. The summed E-state index contributed by atoms with van der Waals surface area (Å²) in [6, 6.07) is 0. The summed E-state index contributed by atoms with van der Waals surface area (Å²) in [6.45, 7) is 9.10. The molecule has 2 atom stereocenters. The molecule has 0 aromatic carbocycles. The van der Waals surface area contributed by atoms with Gasteiger partial charge in [0.1, 0.15) is 6.10 Å². The summed E-state index contributed by atoms with van der Waals surface area (Å²) in [5.41, 5.74) is 0. The number of carbonyl (C=O) groups excluding carboxylic acids is 2. The molecule has 0 aromatic heterocycles. The minimum absolute atomic E-state index is 0.0102. The highest BCUT2D eigenvalue weighted by atomic mass is 16.7. The summed E-state index contributed by atoms with van der Waals surface area (Å²) < 4.78 is 24.8. The van der Waals surface area contributed by atoms with Gasteiger partial charge in [-0.1, -0.05) is 162 Å². The van der Waals surface area contributed by atoms with Crippen molar-refractivity contribution in [2.75, 3.05) is 33.9 Å². The van der Waals surface area contributed by atoms with Crippen LogP contribution in [0.25, 0.3) is 0 Å². The molecule has 7 nitrogen and oxygen atoms in total. The van der Waals surface area contributed by atoms with Gasteiger partial charge in [-0.15, -0.1) is 0 Å². The number of unbranched alkanes of at least 4 members (excludes halogenated alkanes) is 24. The van der Waals surface area contributed by atoms with Crippen LogP contribution in [0.5, 0.6) is 0 Å². The molecule has 1 saturated heterocycles. The Balaban J connectivity index is 2.36. The Morgan fingerprint density at radius 1 is 0.561 bits per heavy atom. The van der Waals surface area contributed by atoms with Crippen molar-refractivity contribution in [2.24, 2.45) is 0 Å². The van der Waals surface area contributed by atoms with Gasteiger partial charge in [-0.05, 0) is 91.3 Å². The van der Waals surface area contributed by atoms with Gasteiger partial charge in [0, 0.05) is 25.7 Å². The molecule has 0 spiro atoms. The molecule has 1 fully saturated rings. The van der Waals surface area contributed by atoms with E-state index >= 15 is 0 Å². The van der Waals surface area contributed by atoms with Gasteiger partial charge in [-0.3, -0.25) is 9.59 Å². The molecule has 1 heterocycles. The Morgan fingerprint density at radius 3 is 1.53 bits per heavy atom. The molecular formula is C50H97NO6. The van der Waals surface area contributed by atoms with Gasteiger partial charge in [0.05, 0.1) is 19.3 Å². The van der Waals surface area contributed by atoms with Gasteiger partial charge in [0.25, 0.3) is 0 Å². The van der Waals surface area contributed by atoms with Gasteiger partial charge in [0.2, 0.25) is 0 Å². The number of rotatable bonds is 43. The lowest BCUT2D eigenvalue weighted by Gasteiger charge is -2.28. The van der Waals surface area contributed by atoms with Crippen LogP contribution in [-0.2, 0) is 28.5 Å². The van der Waals surface area contributed by atoms with E-state index in [1.54, 1.807) is 0 Å². The monoisotopic (exact) mass is 808 g/mol. The Labute approximate surface area is 354 Å². The fourth-order valence-corrected chi connectivity index (χ4v) is 8.30. The molecule has 7 heteroatoms. The summed E-state index contributed by atoms with van der Waals surface area (Å²) >= 11 is 0. The number of nitrogens with zero attached hydrogens (tertiary/aromatic N) is 1. The maximum absolute atomic E-state index is 12.9. The molecule has 0 radical (unpaired) electrons. The van der Waals surface area contributed by atoms with E-state index in [2.05, 4.69) is 39.8 Å². The van der Waals surface area contributed by atoms with Crippen LogP contribution < -0.4 is 0 Å². The predicted molar refractivity (Wildman–Crippen MR) is 241 cm³/mol. The van der Waals surface area contributed by atoms with Crippen molar-refractivity contribution < 1.29 is 28.5 Å². The summed E-state index contributed by atoms with van der Waals surface area (Å²) in [6.07, 6.45) is 42.2. The topological polar surface area (TPSA) is 74.3 Å². The van der Waals surface area contributed by atoms with E-state index in [1.165, 1.54) is 122 Å². The van der Waals surface area contributed by atoms with Gasteiger partial charge in [-0.25, -0.2) is 0 Å². The van der Waals surface area contributed by atoms with Crippen LogP contribution in [0.4, 0.5) is 0 Å². The molecule has 338 valence electrons. The number of hydrogen-bond acceptors (Lipinski definition) is 7. The highest BCUT2D eigenvalue weighted by Crippen LogP contribution is 2.36. The van der Waals surface area contributed by atoms with E-state index < -0.39 is 5.79 Å². The average Bonchev–Trinajstić information content (AvgIpc) is 3.59. The summed E-state index contributed by atoms with van der Waals surface area (Å²) in [5, 5.41) is 0. The minimum Gasteiger partial charge on any atom is -0.466 e. The SMILES string of the molecule is CCCCCCCCCCCOC(=O)CCCCCC1(CCCCCCCC(=O)OC(CCCCCCCC)CCCCCCCC)OCC(CCCN(C)C)O1. The molecule has 1 aliphatic rings. The largest absolute Gasteiger partial charge is 0.466 e. The van der Waals surface area contributed by atoms with Crippen LogP contribution in [0.15, 0.2) is 0 Å². The molecule has 0 N–H and O–H groups in total. The van der Waals surface area contributed by atoms with Crippen LogP contribution in [0.3, 0.4) is 0 Å². The molecule has 0 bridgehead atoms. The van der Waals surface area contributed by atoms with Crippen molar-refractivity contribution >= 4 is 11.9 Å². The maximum Gasteiger partial charge on any atom is 0.306 e. The zero-order chi connectivity index (χ0) is 41.5. The van der Waals surface area contributed by atoms with E-state index in [9.17, 15) is 9.59 Å². The first-order valence-electron chi connectivity index (χ1n) is 25.2. The second kappa shape index (κ2) is 39.0. The van der Waals surface area contributed by atoms with Gasteiger partial charge in [0.15, 0.2) is 5.79 Å². The second-order valence-corrected chi connectivity index (χ2v) is 18.0. The molecule has 0 aliphatic carbocycles. The third kappa shape index (κ3) is 33.3. The highest BCUT2D eigenvalue weighted by Gasteiger charge is 2.40. The van der Waals surface area contributed by atoms with Crippen molar-refractivity contribution in [3.05, 3.63) is 0 Å². The molecule has 1 rings (SSSR count). The molecule has 0 saturated carbocycles. The minimum atomic E-state index is -0.496. The fraction of sp³-hybridized carbons (Fsp3) is 0.960. The highest BCUT2D eigenvalue weighted by molar-refractivity contribution is 5.69. The van der Waals surface area contributed by atoms with E-state index in [0.717, 1.165) is 109 Å². The normalized spacial score (nSPS) is 16.9. The van der Waals surface area contributed by atoms with Gasteiger partial charge >= 0.3 is 11.9 Å². The van der Waals surface area contributed by atoms with Crippen molar-refractivity contribution in [1.29, 1.82) is 0 Å². The summed E-state index contributed by atoms with van der Waals surface area (Å²) in [4.78, 5) is 27.4. The van der Waals surface area contributed by atoms with E-state index in [-0.39, 0.29) is 24.1 Å². The molecule has 0 amide bonds. The molecule has 1 aliphatic heterocycles. The van der Waals surface area contributed by atoms with Gasteiger partial charge < -0.3 is 23.8 Å². The van der Waals surface area contributed by atoms with Crippen molar-refractivity contribution in [2.45, 2.75) is 276 Å². The zero-order valence-corrected chi connectivity index (χ0v) is 38.8. The first kappa shape index (κ1) is 53.8. The van der Waals surface area contributed by atoms with E-state index in [1.807, 2.05) is 0 Å². The maximum atomic E-state index is 12.9. The van der Waals surface area contributed by atoms with E-state index in [0.29, 0.717) is 26.1 Å². The third-order valence-electron chi connectivity index (χ3n) is 12.0. The van der Waals surface area contributed by atoms with Crippen molar-refractivity contribution in [1.82, 2.24) is 4.90 Å². The van der Waals surface area contributed by atoms with Crippen LogP contribution in [0, 0.1) is 0 Å². The van der Waals surface area contributed by atoms with E-state index in [4.69, 9.17) is 18.9 Å². The fourth-order valence-electron chi connectivity index (χ4n) is 8.30. The first-order chi connectivity index (χ1) is 27.8. The predicted octanol–water partition coefficient (Wildman–Crippen LogP) is 14.6. The first-order valence-corrected chi connectivity index (χ1v) is 25.2. The molecule has 2 unspecified atom stereocenters. The van der Waals surface area contributed by atoms with Crippen LogP contribution in [-0.4, -0.2) is 68.7 Å². The zero-order valence-electron chi connectivity index (χ0n) is 38.8. The molecule has 57 heavy (non-hydrogen) atoms.